The number of halogens is 5. The zero-order valence-electron chi connectivity index (χ0n) is 8.42. The number of nitro groups is 1. The molecule has 0 fully saturated rings. The van der Waals surface area contributed by atoms with Crippen LogP contribution in [0.25, 0.3) is 0 Å². The molecule has 0 aliphatic rings. The summed E-state index contributed by atoms with van der Waals surface area (Å²) in [4.78, 5) is 21.1. The van der Waals surface area contributed by atoms with Crippen LogP contribution in [0.5, 0.6) is 0 Å². The molecule has 1 aromatic carbocycles. The third kappa shape index (κ3) is 3.19. The van der Waals surface area contributed by atoms with Gasteiger partial charge in [-0.25, -0.2) is 0 Å². The maximum Gasteiger partial charge on any atom is 0.417 e. The van der Waals surface area contributed by atoms with E-state index in [9.17, 15) is 28.1 Å². The number of carbonyl (C=O) groups excluding carboxylic acids is 1. The summed E-state index contributed by atoms with van der Waals surface area (Å²) in [6.07, 6.45) is -4.70. The van der Waals surface area contributed by atoms with Crippen molar-refractivity contribution < 1.29 is 22.9 Å². The summed E-state index contributed by atoms with van der Waals surface area (Å²) in [5.74, 6) is -0.645. The molecule has 0 bridgehead atoms. The summed E-state index contributed by atoms with van der Waals surface area (Å²) in [7, 11) is 0. The fraction of sp³-hybridized carbons (Fsp3) is 0.222. The van der Waals surface area contributed by atoms with Gasteiger partial charge >= 0.3 is 6.18 Å². The molecule has 0 heterocycles. The number of nitrogens with zero attached hydrogens (tertiary/aromatic N) is 1. The summed E-state index contributed by atoms with van der Waals surface area (Å²) < 4.78 is 37.5. The quantitative estimate of drug-likeness (QED) is 0.237. The Balaban J connectivity index is 3.54. The van der Waals surface area contributed by atoms with Crippen molar-refractivity contribution in [2.24, 2.45) is 0 Å². The Labute approximate surface area is 121 Å². The van der Waals surface area contributed by atoms with Gasteiger partial charge in [-0.05, 0) is 28.7 Å². The smallest absolute Gasteiger partial charge is 0.293 e. The van der Waals surface area contributed by atoms with Crippen LogP contribution < -0.4 is 0 Å². The van der Waals surface area contributed by atoms with Gasteiger partial charge in [-0.2, -0.15) is 13.2 Å². The van der Waals surface area contributed by atoms with E-state index in [4.69, 9.17) is 0 Å². The van der Waals surface area contributed by atoms with Gasteiger partial charge < -0.3 is 0 Å². The van der Waals surface area contributed by atoms with Gasteiger partial charge in [0.2, 0.25) is 0 Å². The lowest BCUT2D eigenvalue weighted by molar-refractivity contribution is -0.385. The van der Waals surface area contributed by atoms with Crippen molar-refractivity contribution in [2.45, 2.75) is 6.18 Å². The normalized spacial score (nSPS) is 11.4. The molecular formula is C9H4BrF3INO3. The Hall–Kier alpha value is -0.710. The molecule has 0 saturated carbocycles. The first-order valence-electron chi connectivity index (χ1n) is 4.32. The number of hydrogen-bond donors (Lipinski definition) is 0. The van der Waals surface area contributed by atoms with Gasteiger partial charge in [-0.1, -0.05) is 15.9 Å². The minimum atomic E-state index is -4.70. The van der Waals surface area contributed by atoms with Crippen LogP contribution >= 0.6 is 38.5 Å². The molecule has 0 unspecified atom stereocenters. The number of Topliss-reactive ketones (excluding diaryl/α,β-unsaturated/α-hetero) is 1. The Kier molecular flexibility index (Phi) is 4.70. The number of hydrogen-bond acceptors (Lipinski definition) is 3. The molecule has 0 atom stereocenters. The molecule has 4 nitrogen and oxygen atoms in total. The summed E-state index contributed by atoms with van der Waals surface area (Å²) in [5.41, 5.74) is -2.30. The summed E-state index contributed by atoms with van der Waals surface area (Å²) >= 11 is 4.21. The van der Waals surface area contributed by atoms with E-state index in [1.165, 1.54) is 22.6 Å². The average molecular weight is 438 g/mol. The van der Waals surface area contributed by atoms with Crippen LogP contribution in [0.2, 0.25) is 0 Å². The minimum Gasteiger partial charge on any atom is -0.293 e. The Morgan fingerprint density at radius 1 is 1.44 bits per heavy atom. The second kappa shape index (κ2) is 5.51. The molecule has 0 saturated heterocycles. The summed E-state index contributed by atoms with van der Waals surface area (Å²) in [5, 5.41) is 10.5. The topological polar surface area (TPSA) is 60.2 Å². The molecule has 0 aliphatic heterocycles. The summed E-state index contributed by atoms with van der Waals surface area (Å²) in [6.45, 7) is 0. The standard InChI is InChI=1S/C9H4BrF3INO3/c10-3-8(16)4-1-6(14)5(9(11,12)13)2-7(4)15(17)18/h1-2H,3H2. The van der Waals surface area contributed by atoms with E-state index in [-0.39, 0.29) is 14.5 Å². The SMILES string of the molecule is O=C(CBr)c1cc(I)c(C(F)(F)F)cc1[N+](=O)[O-]. The maximum atomic E-state index is 12.6. The van der Waals surface area contributed by atoms with Gasteiger partial charge in [0.05, 0.1) is 21.4 Å². The number of carbonyl (C=O) groups is 1. The highest BCUT2D eigenvalue weighted by Crippen LogP contribution is 2.36. The molecule has 0 spiro atoms. The van der Waals surface area contributed by atoms with Crippen LogP contribution in [0.4, 0.5) is 18.9 Å². The number of benzene rings is 1. The van der Waals surface area contributed by atoms with Crippen LogP contribution in [0.3, 0.4) is 0 Å². The lowest BCUT2D eigenvalue weighted by atomic mass is 10.1. The van der Waals surface area contributed by atoms with Gasteiger partial charge in [0.1, 0.15) is 0 Å². The van der Waals surface area contributed by atoms with Crippen molar-refractivity contribution in [3.05, 3.63) is 36.9 Å². The number of nitro benzene ring substituents is 1. The van der Waals surface area contributed by atoms with Gasteiger partial charge in [0.25, 0.3) is 5.69 Å². The van der Waals surface area contributed by atoms with E-state index in [1.807, 2.05) is 0 Å². The van der Waals surface area contributed by atoms with Gasteiger partial charge in [-0.15, -0.1) is 0 Å². The summed E-state index contributed by atoms with van der Waals surface area (Å²) in [6, 6.07) is 1.27. The number of rotatable bonds is 3. The Morgan fingerprint density at radius 2 is 2.00 bits per heavy atom. The average Bonchev–Trinajstić information content (AvgIpc) is 2.25. The van der Waals surface area contributed by atoms with E-state index < -0.39 is 28.1 Å². The van der Waals surface area contributed by atoms with E-state index in [1.54, 1.807) is 0 Å². The van der Waals surface area contributed by atoms with Crippen molar-refractivity contribution in [1.29, 1.82) is 0 Å². The number of ketones is 1. The maximum absolute atomic E-state index is 12.6. The minimum absolute atomic E-state index is 0.199. The van der Waals surface area contributed by atoms with Gasteiger partial charge in [-0.3, -0.25) is 14.9 Å². The van der Waals surface area contributed by atoms with Crippen LogP contribution in [-0.2, 0) is 6.18 Å². The van der Waals surface area contributed by atoms with Crippen LogP contribution in [0.15, 0.2) is 12.1 Å². The third-order valence-corrected chi connectivity index (χ3v) is 3.41. The monoisotopic (exact) mass is 437 g/mol. The molecule has 0 N–H and O–H groups in total. The molecule has 9 heteroatoms. The third-order valence-electron chi connectivity index (χ3n) is 2.01. The first-order chi connectivity index (χ1) is 8.18. The predicted molar refractivity (Wildman–Crippen MR) is 68.9 cm³/mol. The van der Waals surface area contributed by atoms with Crippen LogP contribution in [0, 0.1) is 13.7 Å². The highest BCUT2D eigenvalue weighted by Gasteiger charge is 2.36. The Morgan fingerprint density at radius 3 is 2.39 bits per heavy atom. The first-order valence-corrected chi connectivity index (χ1v) is 6.52. The lowest BCUT2D eigenvalue weighted by Crippen LogP contribution is -2.12. The largest absolute Gasteiger partial charge is 0.417 e. The first kappa shape index (κ1) is 15.3. The van der Waals surface area contributed by atoms with E-state index >= 15 is 0 Å². The van der Waals surface area contributed by atoms with Crippen molar-refractivity contribution in [1.82, 2.24) is 0 Å². The predicted octanol–water partition coefficient (Wildman–Crippen LogP) is 3.80. The Bertz CT molecular complexity index is 519. The highest BCUT2D eigenvalue weighted by molar-refractivity contribution is 14.1. The molecule has 98 valence electrons. The molecule has 1 aromatic rings. The molecule has 0 aromatic heterocycles. The van der Waals surface area contributed by atoms with Gasteiger partial charge in [0, 0.05) is 9.64 Å². The fourth-order valence-electron chi connectivity index (χ4n) is 1.23. The second-order valence-electron chi connectivity index (χ2n) is 3.16. The zero-order chi connectivity index (χ0) is 14.1. The van der Waals surface area contributed by atoms with E-state index in [0.717, 1.165) is 6.07 Å². The van der Waals surface area contributed by atoms with Crippen LogP contribution in [-0.4, -0.2) is 16.0 Å². The highest BCUT2D eigenvalue weighted by atomic mass is 127. The van der Waals surface area contributed by atoms with Crippen molar-refractivity contribution in [2.75, 3.05) is 5.33 Å². The van der Waals surface area contributed by atoms with Crippen molar-refractivity contribution in [3.63, 3.8) is 0 Å². The molecule has 0 amide bonds. The van der Waals surface area contributed by atoms with Crippen molar-refractivity contribution in [3.8, 4) is 0 Å². The molecule has 0 radical (unpaired) electrons. The zero-order valence-corrected chi connectivity index (χ0v) is 12.2. The molecule has 1 rings (SSSR count). The lowest BCUT2D eigenvalue weighted by Gasteiger charge is -2.10. The molecular weight excluding hydrogens is 434 g/mol. The second-order valence-corrected chi connectivity index (χ2v) is 4.88. The van der Waals surface area contributed by atoms with Crippen LogP contribution in [0.1, 0.15) is 15.9 Å². The fourth-order valence-corrected chi connectivity index (χ4v) is 2.30. The molecule has 18 heavy (non-hydrogen) atoms. The van der Waals surface area contributed by atoms with E-state index in [2.05, 4.69) is 15.9 Å². The number of alkyl halides is 4. The van der Waals surface area contributed by atoms with Crippen molar-refractivity contribution >= 4 is 50.0 Å². The van der Waals surface area contributed by atoms with E-state index in [0.29, 0.717) is 6.07 Å². The molecule has 0 aliphatic carbocycles. The van der Waals surface area contributed by atoms with Gasteiger partial charge in [0.15, 0.2) is 5.78 Å².